The summed E-state index contributed by atoms with van der Waals surface area (Å²) in [7, 11) is 0. The van der Waals surface area contributed by atoms with E-state index in [2.05, 4.69) is 432 Å². The van der Waals surface area contributed by atoms with Gasteiger partial charge in [0.1, 0.15) is 0 Å². The lowest BCUT2D eigenvalue weighted by Gasteiger charge is -2.12. The van der Waals surface area contributed by atoms with Crippen LogP contribution in [-0.4, -0.2) is 53.6 Å². The zero-order valence-corrected chi connectivity index (χ0v) is 83.2. The molecular formula is C136H85N11S3. The van der Waals surface area contributed by atoms with Gasteiger partial charge in [-0.1, -0.05) is 370 Å². The molecule has 0 aliphatic rings. The number of nitrogens with zero attached hydrogens (tertiary/aromatic N) is 11. The van der Waals surface area contributed by atoms with E-state index < -0.39 is 0 Å². The Morgan fingerprint density at radius 3 is 0.747 bits per heavy atom. The molecule has 0 atom stereocenters. The molecule has 0 saturated carbocycles. The average Bonchev–Trinajstić information content (AvgIpc) is 1.68. The molecule has 9 aromatic heterocycles. The second kappa shape index (κ2) is 37.7. The summed E-state index contributed by atoms with van der Waals surface area (Å²) in [5, 5.41) is 15.1. The third kappa shape index (κ3) is 16.3. The summed E-state index contributed by atoms with van der Waals surface area (Å²) in [5.41, 5.74) is 28.0. The number of hydrogen-bond donors (Lipinski definition) is 0. The third-order valence-electron chi connectivity index (χ3n) is 28.5. The van der Waals surface area contributed by atoms with Crippen molar-refractivity contribution in [3.63, 3.8) is 0 Å². The number of thiophene rings is 3. The van der Waals surface area contributed by atoms with Crippen LogP contribution in [0.3, 0.4) is 0 Å². The minimum atomic E-state index is 0.587. The molecule has 0 amide bonds. The Balaban J connectivity index is 0.000000108. The molecule has 0 fully saturated rings. The molecule has 0 aliphatic heterocycles. The maximum atomic E-state index is 5.19. The van der Waals surface area contributed by atoms with Crippen LogP contribution in [-0.2, 0) is 0 Å². The van der Waals surface area contributed by atoms with Crippen molar-refractivity contribution in [3.8, 4) is 153 Å². The summed E-state index contributed by atoms with van der Waals surface area (Å²) in [6.07, 6.45) is 0. The standard InChI is InChI=1S/C46H29N3S.2C45H28N4S/c1-3-12-30(13-4-1)40-29-41(31-14-5-2-6-15-31)48-46(47-40)34-16-11-17-35(26-34)49-42-20-9-7-18-36(42)38-27-32(22-24-43(38)49)33-23-25-45-39(28-33)37-19-8-10-21-44(37)50-45;1-3-12-29(13-4-1)43-46-44(30-14-5-2-6-15-30)48-45(47-43)33-16-11-17-34(26-33)49-39-20-9-7-18-35(39)37-27-31(22-24-40(37)49)32-23-25-42-38(28-32)36-19-8-10-21-41(36)50-42;1-3-12-29(13-4-1)31-16-11-17-34(26-31)44-46-43(30-14-5-2-6-15-30)47-45(48-44)49-39-20-9-7-18-35(39)37-27-32(22-24-40(37)49)33-23-25-42-38(28-33)36-19-8-10-21-41(36)50-42/h1-29H;2*1-28H. The van der Waals surface area contributed by atoms with Crippen LogP contribution in [0.2, 0.25) is 0 Å². The number of aromatic nitrogens is 11. The lowest BCUT2D eigenvalue weighted by molar-refractivity contribution is 0.953. The Morgan fingerprint density at radius 1 is 0.127 bits per heavy atom. The van der Waals surface area contributed by atoms with Gasteiger partial charge in [-0.2, -0.15) is 9.97 Å². The van der Waals surface area contributed by atoms with E-state index in [0.29, 0.717) is 40.9 Å². The zero-order valence-electron chi connectivity index (χ0n) is 80.7. The number of hydrogen-bond acceptors (Lipinski definition) is 11. The molecule has 0 saturated heterocycles. The van der Waals surface area contributed by atoms with Gasteiger partial charge in [0, 0.05) is 149 Å². The number of rotatable bonds is 15. The average molecular weight is 1970 g/mol. The van der Waals surface area contributed by atoms with Gasteiger partial charge in [-0.25, -0.2) is 29.9 Å². The first-order chi connectivity index (χ1) is 74.3. The van der Waals surface area contributed by atoms with Crippen molar-refractivity contribution in [2.45, 2.75) is 0 Å². The lowest BCUT2D eigenvalue weighted by Crippen LogP contribution is -2.06. The minimum Gasteiger partial charge on any atom is -0.309 e. The van der Waals surface area contributed by atoms with E-state index in [-0.39, 0.29) is 0 Å². The first-order valence-electron chi connectivity index (χ1n) is 50.2. The summed E-state index contributed by atoms with van der Waals surface area (Å²) in [6.45, 7) is 0. The molecule has 150 heavy (non-hydrogen) atoms. The van der Waals surface area contributed by atoms with Crippen molar-refractivity contribution >= 4 is 160 Å². The number of benzene rings is 21. The van der Waals surface area contributed by atoms with E-state index in [9.17, 15) is 0 Å². The Morgan fingerprint density at radius 2 is 0.367 bits per heavy atom. The van der Waals surface area contributed by atoms with Gasteiger partial charge in [0.25, 0.3) is 0 Å². The van der Waals surface area contributed by atoms with Crippen molar-refractivity contribution in [2.24, 2.45) is 0 Å². The maximum absolute atomic E-state index is 5.19. The molecular weight excluding hydrogens is 1880 g/mol. The summed E-state index contributed by atoms with van der Waals surface area (Å²) < 4.78 is 14.8. The van der Waals surface area contributed by atoms with E-state index >= 15 is 0 Å². The Bertz CT molecular complexity index is 9990. The predicted octanol–water partition coefficient (Wildman–Crippen LogP) is 36.6. The van der Waals surface area contributed by atoms with Gasteiger partial charge < -0.3 is 9.13 Å². The molecule has 0 aliphatic carbocycles. The highest BCUT2D eigenvalue weighted by Gasteiger charge is 2.25. The highest BCUT2D eigenvalue weighted by atomic mass is 32.1. The van der Waals surface area contributed by atoms with Gasteiger partial charge in [-0.15, -0.1) is 34.0 Å². The summed E-state index contributed by atoms with van der Waals surface area (Å²) in [4.78, 5) is 40.5. The molecule has 702 valence electrons. The number of para-hydroxylation sites is 3. The molecule has 30 rings (SSSR count). The normalized spacial score (nSPS) is 11.6. The van der Waals surface area contributed by atoms with Crippen LogP contribution in [0, 0.1) is 0 Å². The molecule has 0 bridgehead atoms. The number of fused-ring (bicyclic) bond motifs is 18. The van der Waals surface area contributed by atoms with E-state index in [1.54, 1.807) is 0 Å². The van der Waals surface area contributed by atoms with Crippen LogP contribution in [0.5, 0.6) is 0 Å². The molecule has 21 aromatic carbocycles. The largest absolute Gasteiger partial charge is 0.309 e. The van der Waals surface area contributed by atoms with Gasteiger partial charge in [0.2, 0.25) is 5.95 Å². The van der Waals surface area contributed by atoms with Crippen molar-refractivity contribution in [1.82, 2.24) is 53.6 Å². The van der Waals surface area contributed by atoms with Crippen LogP contribution in [0.1, 0.15) is 0 Å². The summed E-state index contributed by atoms with van der Waals surface area (Å²) >= 11 is 5.56. The fraction of sp³-hybridized carbons (Fsp3) is 0. The maximum Gasteiger partial charge on any atom is 0.238 e. The smallest absolute Gasteiger partial charge is 0.238 e. The predicted molar refractivity (Wildman–Crippen MR) is 629 cm³/mol. The van der Waals surface area contributed by atoms with Gasteiger partial charge in [0.05, 0.1) is 44.5 Å². The van der Waals surface area contributed by atoms with Gasteiger partial charge in [-0.3, -0.25) is 4.57 Å². The molecule has 14 heteroatoms. The van der Waals surface area contributed by atoms with Gasteiger partial charge in [0.15, 0.2) is 34.9 Å². The van der Waals surface area contributed by atoms with Crippen molar-refractivity contribution in [3.05, 3.63) is 516 Å². The van der Waals surface area contributed by atoms with Crippen LogP contribution in [0.25, 0.3) is 279 Å². The fourth-order valence-electron chi connectivity index (χ4n) is 21.3. The monoisotopic (exact) mass is 1970 g/mol. The Hall–Kier alpha value is -19.2. The van der Waals surface area contributed by atoms with E-state index in [0.717, 1.165) is 117 Å². The molecule has 0 N–H and O–H groups in total. The quantitative estimate of drug-likeness (QED) is 0.0996. The van der Waals surface area contributed by atoms with Crippen LogP contribution >= 0.6 is 34.0 Å². The zero-order chi connectivity index (χ0) is 99.1. The van der Waals surface area contributed by atoms with E-state index in [1.807, 2.05) is 131 Å². The SMILES string of the molecule is c1ccc(-c2cc(-c3ccccc3)nc(-c3cccc(-n4c5ccccc5c5cc(-c6ccc7sc8ccccc8c7c6)ccc54)c3)n2)cc1.c1ccc(-c2cccc(-c3nc(-c4ccccc4)nc(-n4c5ccccc5c5cc(-c6ccc7sc8ccccc8c7c6)ccc54)n3)c2)cc1.c1ccc(-c2nc(-c3ccccc3)nc(-c3cccc(-n4c5ccccc5c5cc(-c6ccc7sc8ccccc8c7c6)ccc54)c3)n2)cc1. The van der Waals surface area contributed by atoms with E-state index in [4.69, 9.17) is 39.9 Å². The van der Waals surface area contributed by atoms with Crippen LogP contribution in [0.15, 0.2) is 516 Å². The van der Waals surface area contributed by atoms with Crippen molar-refractivity contribution in [2.75, 3.05) is 0 Å². The van der Waals surface area contributed by atoms with Crippen molar-refractivity contribution < 1.29 is 0 Å². The molecule has 0 spiro atoms. The molecule has 30 aromatic rings. The summed E-state index contributed by atoms with van der Waals surface area (Å²) in [5.74, 6) is 4.49. The van der Waals surface area contributed by atoms with E-state index in [1.165, 1.54) is 121 Å². The van der Waals surface area contributed by atoms with Crippen LogP contribution < -0.4 is 0 Å². The third-order valence-corrected chi connectivity index (χ3v) is 32.0. The molecule has 0 radical (unpaired) electrons. The second-order valence-corrected chi connectivity index (χ2v) is 40.9. The fourth-order valence-corrected chi connectivity index (χ4v) is 24.6. The van der Waals surface area contributed by atoms with Crippen molar-refractivity contribution in [1.29, 1.82) is 0 Å². The molecule has 11 nitrogen and oxygen atoms in total. The first-order valence-corrected chi connectivity index (χ1v) is 52.7. The topological polar surface area (TPSA) is 118 Å². The van der Waals surface area contributed by atoms with Crippen LogP contribution in [0.4, 0.5) is 0 Å². The highest BCUT2D eigenvalue weighted by molar-refractivity contribution is 7.26. The summed E-state index contributed by atoms with van der Waals surface area (Å²) in [6, 6.07) is 182. The molecule has 0 unspecified atom stereocenters. The highest BCUT2D eigenvalue weighted by Crippen LogP contribution is 2.46. The van der Waals surface area contributed by atoms with Gasteiger partial charge >= 0.3 is 0 Å². The Labute approximate surface area is 875 Å². The first kappa shape index (κ1) is 88.5. The van der Waals surface area contributed by atoms with Gasteiger partial charge in [-0.05, 0) is 190 Å². The minimum absolute atomic E-state index is 0.587. The molecule has 9 heterocycles. The second-order valence-electron chi connectivity index (χ2n) is 37.6. The lowest BCUT2D eigenvalue weighted by atomic mass is 10.0. The Kier molecular flexibility index (Phi) is 22.3.